The average molecular weight is 222 g/mol. The Kier molecular flexibility index (Phi) is 5.33. The molecule has 1 aromatic rings. The van der Waals surface area contributed by atoms with Gasteiger partial charge in [0.1, 0.15) is 5.75 Å². The Morgan fingerprint density at radius 3 is 2.25 bits per heavy atom. The highest BCUT2D eigenvalue weighted by atomic mass is 16.5. The Balaban J connectivity index is 2.60. The lowest BCUT2D eigenvalue weighted by molar-refractivity contribution is 0.184. The summed E-state index contributed by atoms with van der Waals surface area (Å²) in [6.45, 7) is 6.08. The van der Waals surface area contributed by atoms with Crippen molar-refractivity contribution in [3.05, 3.63) is 29.8 Å². The largest absolute Gasteiger partial charge is 0.490 e. The lowest BCUT2D eigenvalue weighted by Gasteiger charge is -2.17. The van der Waals surface area contributed by atoms with Gasteiger partial charge in [-0.25, -0.2) is 0 Å². The Morgan fingerprint density at radius 2 is 1.81 bits per heavy atom. The van der Waals surface area contributed by atoms with Crippen LogP contribution in [0.5, 0.6) is 5.75 Å². The van der Waals surface area contributed by atoms with Crippen LogP contribution < -0.4 is 4.74 Å². The monoisotopic (exact) mass is 222 g/mol. The zero-order valence-corrected chi connectivity index (χ0v) is 10.4. The molecule has 0 amide bonds. The smallest absolute Gasteiger partial charge is 0.119 e. The van der Waals surface area contributed by atoms with Gasteiger partial charge in [-0.15, -0.1) is 0 Å². The maximum Gasteiger partial charge on any atom is 0.119 e. The Labute approximate surface area is 98.3 Å². The van der Waals surface area contributed by atoms with E-state index >= 15 is 0 Å². The van der Waals surface area contributed by atoms with Crippen molar-refractivity contribution in [2.75, 3.05) is 0 Å². The number of ether oxygens (including phenoxy) is 1. The molecule has 0 aliphatic heterocycles. The van der Waals surface area contributed by atoms with Crippen molar-refractivity contribution >= 4 is 0 Å². The molecule has 0 spiro atoms. The second kappa shape index (κ2) is 6.54. The van der Waals surface area contributed by atoms with Gasteiger partial charge >= 0.3 is 0 Å². The van der Waals surface area contributed by atoms with Gasteiger partial charge in [0.05, 0.1) is 12.2 Å². The zero-order chi connectivity index (χ0) is 12.0. The predicted molar refractivity (Wildman–Crippen MR) is 66.7 cm³/mol. The molecule has 90 valence electrons. The van der Waals surface area contributed by atoms with Crippen molar-refractivity contribution in [3.8, 4) is 5.75 Å². The van der Waals surface area contributed by atoms with Crippen molar-refractivity contribution in [2.45, 2.75) is 52.2 Å². The first-order valence-electron chi connectivity index (χ1n) is 6.12. The second-order valence-corrected chi connectivity index (χ2v) is 4.18. The molecule has 2 heteroatoms. The molecule has 0 radical (unpaired) electrons. The van der Waals surface area contributed by atoms with Crippen LogP contribution in [0.2, 0.25) is 0 Å². The highest BCUT2D eigenvalue weighted by molar-refractivity contribution is 5.28. The molecule has 0 aliphatic rings. The van der Waals surface area contributed by atoms with E-state index in [1.54, 1.807) is 6.92 Å². The first-order chi connectivity index (χ1) is 7.67. The van der Waals surface area contributed by atoms with Gasteiger partial charge in [0.15, 0.2) is 0 Å². The van der Waals surface area contributed by atoms with Crippen LogP contribution in [-0.2, 0) is 0 Å². The van der Waals surface area contributed by atoms with Gasteiger partial charge in [-0.3, -0.25) is 0 Å². The van der Waals surface area contributed by atoms with E-state index in [0.717, 1.165) is 30.6 Å². The van der Waals surface area contributed by atoms with Crippen LogP contribution >= 0.6 is 0 Å². The van der Waals surface area contributed by atoms with E-state index in [1.165, 1.54) is 0 Å². The van der Waals surface area contributed by atoms with E-state index in [-0.39, 0.29) is 0 Å². The van der Waals surface area contributed by atoms with Crippen molar-refractivity contribution in [1.82, 2.24) is 0 Å². The third-order valence-electron chi connectivity index (χ3n) is 2.73. The van der Waals surface area contributed by atoms with Gasteiger partial charge in [0, 0.05) is 0 Å². The van der Waals surface area contributed by atoms with Crippen LogP contribution in [0.3, 0.4) is 0 Å². The first kappa shape index (κ1) is 13.0. The zero-order valence-electron chi connectivity index (χ0n) is 10.4. The number of rotatable bonds is 6. The van der Waals surface area contributed by atoms with Crippen LogP contribution in [0.4, 0.5) is 0 Å². The van der Waals surface area contributed by atoms with Crippen molar-refractivity contribution in [1.29, 1.82) is 0 Å². The highest BCUT2D eigenvalue weighted by Gasteiger charge is 2.07. The summed E-state index contributed by atoms with van der Waals surface area (Å²) in [4.78, 5) is 0. The highest BCUT2D eigenvalue weighted by Crippen LogP contribution is 2.20. The molecule has 1 aromatic carbocycles. The van der Waals surface area contributed by atoms with E-state index in [1.807, 2.05) is 24.3 Å². The summed E-state index contributed by atoms with van der Waals surface area (Å²) in [7, 11) is 0. The first-order valence-corrected chi connectivity index (χ1v) is 6.12. The molecule has 0 bridgehead atoms. The molecule has 16 heavy (non-hydrogen) atoms. The molecule has 1 rings (SSSR count). The third-order valence-corrected chi connectivity index (χ3v) is 2.73. The van der Waals surface area contributed by atoms with E-state index in [2.05, 4.69) is 13.8 Å². The molecular weight excluding hydrogens is 200 g/mol. The second-order valence-electron chi connectivity index (χ2n) is 4.18. The number of aliphatic hydroxyl groups is 1. The summed E-state index contributed by atoms with van der Waals surface area (Å²) in [5.41, 5.74) is 0.927. The summed E-state index contributed by atoms with van der Waals surface area (Å²) in [5.74, 6) is 0.893. The van der Waals surface area contributed by atoms with Gasteiger partial charge in [-0.2, -0.15) is 0 Å². The van der Waals surface area contributed by atoms with E-state index in [0.29, 0.717) is 6.10 Å². The summed E-state index contributed by atoms with van der Waals surface area (Å²) < 4.78 is 5.86. The fourth-order valence-electron chi connectivity index (χ4n) is 1.69. The predicted octanol–water partition coefficient (Wildman–Crippen LogP) is 3.70. The van der Waals surface area contributed by atoms with Crippen molar-refractivity contribution in [3.63, 3.8) is 0 Å². The quantitative estimate of drug-likeness (QED) is 0.795. The molecule has 0 saturated carbocycles. The lowest BCUT2D eigenvalue weighted by Crippen LogP contribution is -2.14. The normalized spacial score (nSPS) is 14.5. The molecule has 0 saturated heterocycles. The minimum Gasteiger partial charge on any atom is -0.490 e. The maximum absolute atomic E-state index is 9.39. The number of benzene rings is 1. The average Bonchev–Trinajstić information content (AvgIpc) is 2.29. The Hall–Kier alpha value is -1.02. The number of aliphatic hydroxyl groups excluding tert-OH is 1. The van der Waals surface area contributed by atoms with Crippen LogP contribution in [0.25, 0.3) is 0 Å². The minimum absolute atomic E-state index is 0.308. The molecule has 2 atom stereocenters. The molecule has 2 nitrogen and oxygen atoms in total. The molecule has 2 unspecified atom stereocenters. The number of hydrogen-bond donors (Lipinski definition) is 1. The topological polar surface area (TPSA) is 29.5 Å². The van der Waals surface area contributed by atoms with Crippen molar-refractivity contribution < 1.29 is 9.84 Å². The fourth-order valence-corrected chi connectivity index (χ4v) is 1.69. The molecule has 1 N–H and O–H groups in total. The van der Waals surface area contributed by atoms with Crippen LogP contribution in [-0.4, -0.2) is 11.2 Å². The molecule has 0 heterocycles. The maximum atomic E-state index is 9.39. The number of hydrogen-bond acceptors (Lipinski definition) is 2. The van der Waals surface area contributed by atoms with Gasteiger partial charge in [0.25, 0.3) is 0 Å². The van der Waals surface area contributed by atoms with E-state index in [4.69, 9.17) is 4.74 Å². The molecule has 0 fully saturated rings. The summed E-state index contributed by atoms with van der Waals surface area (Å²) in [6.07, 6.45) is 3.17. The Morgan fingerprint density at radius 1 is 1.19 bits per heavy atom. The lowest BCUT2D eigenvalue weighted by atomic mass is 10.1. The Bertz CT molecular complexity index is 290. The molecular formula is C14H22O2. The van der Waals surface area contributed by atoms with Gasteiger partial charge < -0.3 is 9.84 Å². The molecule has 0 aromatic heterocycles. The standard InChI is InChI=1S/C14H22O2/c1-4-6-13(5-2)16-14-9-7-12(8-10-14)11(3)15/h7-11,13,15H,4-6H2,1-3H3. The van der Waals surface area contributed by atoms with Crippen molar-refractivity contribution in [2.24, 2.45) is 0 Å². The summed E-state index contributed by atoms with van der Waals surface area (Å²) in [6, 6.07) is 7.69. The van der Waals surface area contributed by atoms with Gasteiger partial charge in [-0.1, -0.05) is 32.4 Å². The minimum atomic E-state index is -0.410. The van der Waals surface area contributed by atoms with E-state index < -0.39 is 6.10 Å². The SMILES string of the molecule is CCCC(CC)Oc1ccc(C(C)O)cc1. The van der Waals surface area contributed by atoms with Gasteiger partial charge in [0.2, 0.25) is 0 Å². The van der Waals surface area contributed by atoms with Gasteiger partial charge in [-0.05, 0) is 37.5 Å². The van der Waals surface area contributed by atoms with Crippen LogP contribution in [0.1, 0.15) is 51.7 Å². The molecule has 0 aliphatic carbocycles. The fraction of sp³-hybridized carbons (Fsp3) is 0.571. The van der Waals surface area contributed by atoms with E-state index in [9.17, 15) is 5.11 Å². The summed E-state index contributed by atoms with van der Waals surface area (Å²) in [5, 5.41) is 9.39. The third kappa shape index (κ3) is 3.86. The summed E-state index contributed by atoms with van der Waals surface area (Å²) >= 11 is 0. The van der Waals surface area contributed by atoms with Crippen LogP contribution in [0, 0.1) is 0 Å². The van der Waals surface area contributed by atoms with Crippen LogP contribution in [0.15, 0.2) is 24.3 Å².